The van der Waals surface area contributed by atoms with E-state index in [1.165, 1.54) is 30.4 Å². The van der Waals surface area contributed by atoms with E-state index in [2.05, 4.69) is 31.2 Å². The highest BCUT2D eigenvalue weighted by atomic mass is 16.5. The summed E-state index contributed by atoms with van der Waals surface area (Å²) in [5, 5.41) is 10.2. The van der Waals surface area contributed by atoms with Gasteiger partial charge in [0.05, 0.1) is 12.2 Å². The summed E-state index contributed by atoms with van der Waals surface area (Å²) < 4.78 is 5.24. The molecule has 1 aromatic carbocycles. The highest BCUT2D eigenvalue weighted by molar-refractivity contribution is 5.32. The quantitative estimate of drug-likeness (QED) is 0.847. The van der Waals surface area contributed by atoms with Crippen molar-refractivity contribution in [2.24, 2.45) is 0 Å². The van der Waals surface area contributed by atoms with Crippen LogP contribution in [0.3, 0.4) is 0 Å². The number of methoxy groups -OCH3 is 1. The third-order valence-electron chi connectivity index (χ3n) is 4.36. The molecule has 0 saturated heterocycles. The van der Waals surface area contributed by atoms with E-state index < -0.39 is 0 Å². The van der Waals surface area contributed by atoms with Crippen molar-refractivity contribution in [2.75, 3.05) is 7.11 Å². The normalized spacial score (nSPS) is 21.7. The van der Waals surface area contributed by atoms with E-state index in [1.54, 1.807) is 7.11 Å². The minimum atomic E-state index is -0.200. The maximum absolute atomic E-state index is 10.2. The first kappa shape index (κ1) is 14.5. The van der Waals surface area contributed by atoms with Crippen LogP contribution in [0.25, 0.3) is 0 Å². The molecule has 3 atom stereocenters. The Morgan fingerprint density at radius 1 is 1.32 bits per heavy atom. The molecule has 19 heavy (non-hydrogen) atoms. The zero-order valence-electron chi connectivity index (χ0n) is 12.1. The van der Waals surface area contributed by atoms with Gasteiger partial charge in [0.2, 0.25) is 0 Å². The Bertz CT molecular complexity index is 389. The highest BCUT2D eigenvalue weighted by Crippen LogP contribution is 2.35. The van der Waals surface area contributed by atoms with Gasteiger partial charge in [-0.3, -0.25) is 0 Å². The number of rotatable bonds is 6. The van der Waals surface area contributed by atoms with Crippen LogP contribution in [0.1, 0.15) is 56.1 Å². The van der Waals surface area contributed by atoms with Gasteiger partial charge in [-0.1, -0.05) is 24.3 Å². The van der Waals surface area contributed by atoms with Crippen molar-refractivity contribution in [3.63, 3.8) is 0 Å². The van der Waals surface area contributed by atoms with E-state index in [4.69, 9.17) is 4.74 Å². The average molecular weight is 262 g/mol. The fourth-order valence-electron chi connectivity index (χ4n) is 3.09. The van der Waals surface area contributed by atoms with Crippen LogP contribution in [-0.2, 0) is 11.2 Å². The van der Waals surface area contributed by atoms with Crippen molar-refractivity contribution in [3.8, 4) is 0 Å². The summed E-state index contributed by atoms with van der Waals surface area (Å²) in [6.45, 7) is 2.06. The first-order valence-electron chi connectivity index (χ1n) is 7.49. The number of benzene rings is 1. The molecule has 0 aliphatic heterocycles. The van der Waals surface area contributed by atoms with Gasteiger partial charge in [-0.2, -0.15) is 0 Å². The lowest BCUT2D eigenvalue weighted by atomic mass is 9.79. The molecule has 1 aliphatic rings. The summed E-state index contributed by atoms with van der Waals surface area (Å²) >= 11 is 0. The molecule has 0 fully saturated rings. The Hall–Kier alpha value is -0.860. The predicted molar refractivity (Wildman–Crippen MR) is 78.4 cm³/mol. The maximum Gasteiger partial charge on any atom is 0.0547 e. The molecule has 0 saturated carbocycles. The second-order valence-corrected chi connectivity index (χ2v) is 5.80. The van der Waals surface area contributed by atoms with E-state index in [1.807, 2.05) is 0 Å². The van der Waals surface area contributed by atoms with Crippen LogP contribution in [0.2, 0.25) is 0 Å². The maximum atomic E-state index is 10.2. The van der Waals surface area contributed by atoms with Gasteiger partial charge in [0.1, 0.15) is 0 Å². The van der Waals surface area contributed by atoms with Gasteiger partial charge in [-0.25, -0.2) is 0 Å². The molecule has 3 unspecified atom stereocenters. The number of aliphatic hydroxyl groups excluding tert-OH is 1. The zero-order chi connectivity index (χ0) is 13.7. The summed E-state index contributed by atoms with van der Waals surface area (Å²) in [4.78, 5) is 0. The molecule has 1 aromatic rings. The number of ether oxygens (including phenoxy) is 1. The van der Waals surface area contributed by atoms with Gasteiger partial charge < -0.3 is 9.84 Å². The molecule has 1 N–H and O–H groups in total. The average Bonchev–Trinajstić information content (AvgIpc) is 2.45. The van der Waals surface area contributed by atoms with Crippen LogP contribution in [-0.4, -0.2) is 24.4 Å². The zero-order valence-corrected chi connectivity index (χ0v) is 12.1. The van der Waals surface area contributed by atoms with Gasteiger partial charge in [0.15, 0.2) is 0 Å². The largest absolute Gasteiger partial charge is 0.393 e. The number of hydrogen-bond acceptors (Lipinski definition) is 2. The number of aryl methyl sites for hydroxylation is 1. The molecule has 106 valence electrons. The first-order valence-corrected chi connectivity index (χ1v) is 7.49. The molecule has 2 rings (SSSR count). The summed E-state index contributed by atoms with van der Waals surface area (Å²) in [5.74, 6) is 0.540. The van der Waals surface area contributed by atoms with Crippen LogP contribution in [0.15, 0.2) is 24.3 Å². The van der Waals surface area contributed by atoms with E-state index in [0.29, 0.717) is 5.92 Å². The summed E-state index contributed by atoms with van der Waals surface area (Å²) in [6, 6.07) is 8.72. The summed E-state index contributed by atoms with van der Waals surface area (Å²) in [5.41, 5.74) is 2.95. The Morgan fingerprint density at radius 2 is 2.11 bits per heavy atom. The van der Waals surface area contributed by atoms with Crippen LogP contribution < -0.4 is 0 Å². The third kappa shape index (κ3) is 4.05. The molecule has 0 spiro atoms. The molecule has 1 aliphatic carbocycles. The third-order valence-corrected chi connectivity index (χ3v) is 4.36. The molecule has 0 amide bonds. The van der Waals surface area contributed by atoms with E-state index in [9.17, 15) is 5.11 Å². The topological polar surface area (TPSA) is 29.5 Å². The Balaban J connectivity index is 1.89. The van der Waals surface area contributed by atoms with Gasteiger partial charge in [0.25, 0.3) is 0 Å². The summed E-state index contributed by atoms with van der Waals surface area (Å²) in [7, 11) is 1.73. The first-order chi connectivity index (χ1) is 9.20. The van der Waals surface area contributed by atoms with Gasteiger partial charge in [-0.05, 0) is 62.5 Å². The molecule has 0 bridgehead atoms. The SMILES string of the molecule is COC(C)CCC(O)CC1CCCc2ccccc21. The molecule has 0 aromatic heterocycles. The Labute approximate surface area is 116 Å². The van der Waals surface area contributed by atoms with Gasteiger partial charge >= 0.3 is 0 Å². The van der Waals surface area contributed by atoms with Gasteiger partial charge in [-0.15, -0.1) is 0 Å². The minimum absolute atomic E-state index is 0.200. The van der Waals surface area contributed by atoms with Crippen LogP contribution >= 0.6 is 0 Å². The monoisotopic (exact) mass is 262 g/mol. The Kier molecular flexibility index (Phi) is 5.41. The molecule has 2 nitrogen and oxygen atoms in total. The minimum Gasteiger partial charge on any atom is -0.393 e. The lowest BCUT2D eigenvalue weighted by Crippen LogP contribution is -2.18. The molecular formula is C17H26O2. The van der Waals surface area contributed by atoms with Crippen molar-refractivity contribution in [1.82, 2.24) is 0 Å². The second kappa shape index (κ2) is 7.06. The van der Waals surface area contributed by atoms with Crippen LogP contribution in [0, 0.1) is 0 Å². The van der Waals surface area contributed by atoms with E-state index in [0.717, 1.165) is 19.3 Å². The van der Waals surface area contributed by atoms with Crippen LogP contribution in [0.5, 0.6) is 0 Å². The van der Waals surface area contributed by atoms with Crippen LogP contribution in [0.4, 0.5) is 0 Å². The molecule has 2 heteroatoms. The lowest BCUT2D eigenvalue weighted by Gasteiger charge is -2.27. The predicted octanol–water partition coefficient (Wildman–Crippen LogP) is 3.67. The van der Waals surface area contributed by atoms with Crippen molar-refractivity contribution >= 4 is 0 Å². The molecule has 0 radical (unpaired) electrons. The standard InChI is InChI=1S/C17H26O2/c1-13(19-2)10-11-16(18)12-15-8-5-7-14-6-3-4-9-17(14)15/h3-4,6,9,13,15-16,18H,5,7-8,10-12H2,1-2H3. The molecule has 0 heterocycles. The fourth-order valence-corrected chi connectivity index (χ4v) is 3.09. The lowest BCUT2D eigenvalue weighted by molar-refractivity contribution is 0.0793. The Morgan fingerprint density at radius 3 is 2.89 bits per heavy atom. The van der Waals surface area contributed by atoms with Gasteiger partial charge in [0, 0.05) is 7.11 Å². The molecular weight excluding hydrogens is 236 g/mol. The second-order valence-electron chi connectivity index (χ2n) is 5.80. The smallest absolute Gasteiger partial charge is 0.0547 e. The van der Waals surface area contributed by atoms with E-state index >= 15 is 0 Å². The fraction of sp³-hybridized carbons (Fsp3) is 0.647. The van der Waals surface area contributed by atoms with Crippen molar-refractivity contribution in [3.05, 3.63) is 35.4 Å². The number of hydrogen-bond donors (Lipinski definition) is 1. The van der Waals surface area contributed by atoms with Crippen molar-refractivity contribution in [2.45, 2.75) is 63.6 Å². The van der Waals surface area contributed by atoms with Crippen molar-refractivity contribution in [1.29, 1.82) is 0 Å². The van der Waals surface area contributed by atoms with Crippen molar-refractivity contribution < 1.29 is 9.84 Å². The number of aliphatic hydroxyl groups is 1. The highest BCUT2D eigenvalue weighted by Gasteiger charge is 2.22. The van der Waals surface area contributed by atoms with E-state index in [-0.39, 0.29) is 12.2 Å². The summed E-state index contributed by atoms with van der Waals surface area (Å²) in [6.07, 6.45) is 6.38. The number of fused-ring (bicyclic) bond motifs is 1.